The minimum atomic E-state index is -4.40. The standard InChI is InChI=1S/C16H15F4N3/c1-10(22-23-13-6-4-12(17)5-7-13)14-8-3-11(16(18,19)20)9-15(14)21-2/h3-9,21,23H,1-2H3/b22-10-. The molecule has 2 aromatic carbocycles. The van der Waals surface area contributed by atoms with E-state index in [1.54, 1.807) is 14.0 Å². The Kier molecular flexibility index (Phi) is 4.88. The van der Waals surface area contributed by atoms with Gasteiger partial charge in [0.1, 0.15) is 5.82 Å². The highest BCUT2D eigenvalue weighted by molar-refractivity contribution is 6.03. The lowest BCUT2D eigenvalue weighted by Gasteiger charge is -2.13. The molecule has 0 spiro atoms. The second kappa shape index (κ2) is 6.68. The first kappa shape index (κ1) is 16.8. The number of hydrogen-bond donors (Lipinski definition) is 2. The first-order chi connectivity index (χ1) is 10.8. The summed E-state index contributed by atoms with van der Waals surface area (Å²) in [6, 6.07) is 8.99. The number of hydrazone groups is 1. The fourth-order valence-corrected chi connectivity index (χ4v) is 1.98. The van der Waals surface area contributed by atoms with Gasteiger partial charge in [0.05, 0.1) is 17.0 Å². The van der Waals surface area contributed by atoms with Crippen LogP contribution in [0.3, 0.4) is 0 Å². The van der Waals surface area contributed by atoms with Crippen LogP contribution >= 0.6 is 0 Å². The zero-order valence-corrected chi connectivity index (χ0v) is 12.5. The molecule has 23 heavy (non-hydrogen) atoms. The van der Waals surface area contributed by atoms with Crippen LogP contribution < -0.4 is 10.7 Å². The third kappa shape index (κ3) is 4.21. The van der Waals surface area contributed by atoms with Gasteiger partial charge < -0.3 is 5.32 Å². The zero-order chi connectivity index (χ0) is 17.0. The summed E-state index contributed by atoms with van der Waals surface area (Å²) >= 11 is 0. The molecule has 0 bridgehead atoms. The van der Waals surface area contributed by atoms with Crippen LogP contribution in [-0.2, 0) is 6.18 Å². The van der Waals surface area contributed by atoms with Gasteiger partial charge in [-0.15, -0.1) is 0 Å². The van der Waals surface area contributed by atoms with Crippen LogP contribution in [0, 0.1) is 5.82 Å². The van der Waals surface area contributed by atoms with Gasteiger partial charge in [-0.2, -0.15) is 18.3 Å². The fraction of sp³-hybridized carbons (Fsp3) is 0.188. The number of nitrogens with zero attached hydrogens (tertiary/aromatic N) is 1. The van der Waals surface area contributed by atoms with Gasteiger partial charge in [0.15, 0.2) is 0 Å². The molecule has 122 valence electrons. The Hall–Kier alpha value is -2.57. The second-order valence-corrected chi connectivity index (χ2v) is 4.82. The number of nitrogens with one attached hydrogen (secondary N) is 2. The molecule has 3 nitrogen and oxygen atoms in total. The summed E-state index contributed by atoms with van der Waals surface area (Å²) in [6.45, 7) is 1.67. The van der Waals surface area contributed by atoms with Crippen molar-refractivity contribution in [3.63, 3.8) is 0 Å². The molecule has 0 unspecified atom stereocenters. The molecule has 0 saturated heterocycles. The summed E-state index contributed by atoms with van der Waals surface area (Å²) < 4.78 is 51.0. The average Bonchev–Trinajstić information content (AvgIpc) is 2.52. The van der Waals surface area contributed by atoms with Gasteiger partial charge in [0.2, 0.25) is 0 Å². The maximum atomic E-state index is 12.8. The van der Waals surface area contributed by atoms with Gasteiger partial charge in [-0.05, 0) is 43.3 Å². The molecule has 0 heterocycles. The molecule has 0 amide bonds. The summed E-state index contributed by atoms with van der Waals surface area (Å²) in [5.74, 6) is -0.364. The second-order valence-electron chi connectivity index (χ2n) is 4.82. The van der Waals surface area contributed by atoms with Gasteiger partial charge in [0.25, 0.3) is 0 Å². The van der Waals surface area contributed by atoms with E-state index in [-0.39, 0.29) is 5.82 Å². The van der Waals surface area contributed by atoms with Gasteiger partial charge in [-0.1, -0.05) is 6.07 Å². The number of benzene rings is 2. The number of rotatable bonds is 4. The van der Waals surface area contributed by atoms with Crippen LogP contribution in [0.25, 0.3) is 0 Å². The van der Waals surface area contributed by atoms with Crippen molar-refractivity contribution in [2.45, 2.75) is 13.1 Å². The topological polar surface area (TPSA) is 36.4 Å². The Balaban J connectivity index is 2.25. The maximum absolute atomic E-state index is 12.8. The van der Waals surface area contributed by atoms with E-state index in [9.17, 15) is 17.6 Å². The van der Waals surface area contributed by atoms with E-state index in [1.807, 2.05) is 0 Å². The molecule has 2 rings (SSSR count). The lowest BCUT2D eigenvalue weighted by molar-refractivity contribution is -0.137. The molecule has 0 radical (unpaired) electrons. The van der Waals surface area contributed by atoms with Gasteiger partial charge in [-0.25, -0.2) is 4.39 Å². The van der Waals surface area contributed by atoms with E-state index in [1.165, 1.54) is 30.3 Å². The van der Waals surface area contributed by atoms with Crippen LogP contribution in [0.1, 0.15) is 18.1 Å². The van der Waals surface area contributed by atoms with Crippen molar-refractivity contribution >= 4 is 17.1 Å². The van der Waals surface area contributed by atoms with Crippen LogP contribution in [-0.4, -0.2) is 12.8 Å². The molecular weight excluding hydrogens is 310 g/mol. The molecule has 0 aliphatic carbocycles. The van der Waals surface area contributed by atoms with E-state index in [2.05, 4.69) is 15.8 Å². The predicted molar refractivity (Wildman–Crippen MR) is 83.2 cm³/mol. The van der Waals surface area contributed by atoms with Gasteiger partial charge >= 0.3 is 6.18 Å². The van der Waals surface area contributed by atoms with Crippen LogP contribution in [0.15, 0.2) is 47.6 Å². The van der Waals surface area contributed by atoms with Gasteiger partial charge in [0, 0.05) is 18.3 Å². The van der Waals surface area contributed by atoms with E-state index >= 15 is 0 Å². The van der Waals surface area contributed by atoms with Crippen LogP contribution in [0.2, 0.25) is 0 Å². The Bertz CT molecular complexity index is 706. The summed E-state index contributed by atoms with van der Waals surface area (Å²) in [5.41, 5.74) is 3.93. The van der Waals surface area contributed by atoms with E-state index in [4.69, 9.17) is 0 Å². The summed E-state index contributed by atoms with van der Waals surface area (Å²) in [5, 5.41) is 6.85. The largest absolute Gasteiger partial charge is 0.416 e. The number of anilines is 2. The Morgan fingerprint density at radius 1 is 1.04 bits per heavy atom. The average molecular weight is 325 g/mol. The minimum Gasteiger partial charge on any atom is -0.388 e. The van der Waals surface area contributed by atoms with Crippen LogP contribution in [0.5, 0.6) is 0 Å². The van der Waals surface area contributed by atoms with Crippen molar-refractivity contribution in [3.05, 3.63) is 59.4 Å². The van der Waals surface area contributed by atoms with Gasteiger partial charge in [-0.3, -0.25) is 5.43 Å². The molecule has 2 N–H and O–H groups in total. The van der Waals surface area contributed by atoms with Crippen molar-refractivity contribution in [3.8, 4) is 0 Å². The summed E-state index contributed by atoms with van der Waals surface area (Å²) in [6.07, 6.45) is -4.40. The van der Waals surface area contributed by atoms with Crippen LogP contribution in [0.4, 0.5) is 28.9 Å². The Morgan fingerprint density at radius 3 is 2.26 bits per heavy atom. The van der Waals surface area contributed by atoms with E-state index in [0.717, 1.165) is 12.1 Å². The molecule has 7 heteroatoms. The smallest absolute Gasteiger partial charge is 0.388 e. The zero-order valence-electron chi connectivity index (χ0n) is 12.5. The SMILES string of the molecule is CNc1cc(C(F)(F)F)ccc1/C(C)=N\Nc1ccc(F)cc1. The van der Waals surface area contributed by atoms with Crippen molar-refractivity contribution in [1.29, 1.82) is 0 Å². The Labute approximate surface area is 131 Å². The van der Waals surface area contributed by atoms with E-state index in [0.29, 0.717) is 22.6 Å². The molecule has 0 saturated carbocycles. The first-order valence-electron chi connectivity index (χ1n) is 6.76. The molecular formula is C16H15F4N3. The van der Waals surface area contributed by atoms with E-state index < -0.39 is 11.7 Å². The number of alkyl halides is 3. The Morgan fingerprint density at radius 2 is 1.70 bits per heavy atom. The number of hydrogen-bond acceptors (Lipinski definition) is 3. The summed E-state index contributed by atoms with van der Waals surface area (Å²) in [7, 11) is 1.54. The normalized spacial score (nSPS) is 12.2. The highest BCUT2D eigenvalue weighted by Crippen LogP contribution is 2.32. The predicted octanol–water partition coefficient (Wildman–Crippen LogP) is 4.72. The highest BCUT2D eigenvalue weighted by atomic mass is 19.4. The van der Waals surface area contributed by atoms with Crippen molar-refractivity contribution in [1.82, 2.24) is 0 Å². The molecule has 2 aromatic rings. The molecule has 0 fully saturated rings. The van der Waals surface area contributed by atoms with Crippen molar-refractivity contribution < 1.29 is 17.6 Å². The molecule has 0 aliphatic rings. The monoisotopic (exact) mass is 325 g/mol. The quantitative estimate of drug-likeness (QED) is 0.485. The third-order valence-electron chi connectivity index (χ3n) is 3.20. The first-order valence-corrected chi connectivity index (χ1v) is 6.76. The minimum absolute atomic E-state index is 0.321. The molecule has 0 aromatic heterocycles. The summed E-state index contributed by atoms with van der Waals surface area (Å²) in [4.78, 5) is 0. The maximum Gasteiger partial charge on any atom is 0.416 e. The lowest BCUT2D eigenvalue weighted by Crippen LogP contribution is -2.09. The van der Waals surface area contributed by atoms with Crippen molar-refractivity contribution in [2.24, 2.45) is 5.10 Å². The lowest BCUT2D eigenvalue weighted by atomic mass is 10.1. The third-order valence-corrected chi connectivity index (χ3v) is 3.20. The molecule has 0 atom stereocenters. The molecule has 0 aliphatic heterocycles. The number of halogens is 4. The highest BCUT2D eigenvalue weighted by Gasteiger charge is 2.31. The van der Waals surface area contributed by atoms with Crippen molar-refractivity contribution in [2.75, 3.05) is 17.8 Å². The fourth-order valence-electron chi connectivity index (χ4n) is 1.98.